The van der Waals surface area contributed by atoms with Gasteiger partial charge < -0.3 is 8.97 Å². The predicted molar refractivity (Wildman–Crippen MR) is 98.4 cm³/mol. The number of sulfonamides is 1. The minimum atomic E-state index is -3.24. The molecule has 2 aromatic heterocycles. The van der Waals surface area contributed by atoms with Gasteiger partial charge in [-0.1, -0.05) is 6.07 Å². The Hall–Kier alpha value is -2.12. The summed E-state index contributed by atoms with van der Waals surface area (Å²) in [5, 5.41) is 0. The Bertz CT molecular complexity index is 1110. The van der Waals surface area contributed by atoms with Gasteiger partial charge in [0, 0.05) is 18.8 Å². The molecule has 0 saturated heterocycles. The molecule has 1 N–H and O–H groups in total. The fraction of sp³-hybridized carbons (Fsp3) is 0.389. The molecule has 0 spiro atoms. The van der Waals surface area contributed by atoms with Crippen LogP contribution in [0.3, 0.4) is 0 Å². The van der Waals surface area contributed by atoms with Crippen molar-refractivity contribution in [1.82, 2.24) is 13.7 Å². The second-order valence-electron chi connectivity index (χ2n) is 6.57. The topological polar surface area (TPSA) is 72.6 Å². The number of benzene rings is 1. The van der Waals surface area contributed by atoms with Gasteiger partial charge in [0.1, 0.15) is 5.52 Å². The summed E-state index contributed by atoms with van der Waals surface area (Å²) in [6.45, 7) is 1.86. The number of rotatable bonds is 5. The van der Waals surface area contributed by atoms with Crippen LogP contribution >= 0.6 is 0 Å². The highest BCUT2D eigenvalue weighted by molar-refractivity contribution is 7.89. The van der Waals surface area contributed by atoms with E-state index in [9.17, 15) is 13.2 Å². The molecule has 7 heteroatoms. The van der Waals surface area contributed by atoms with Crippen molar-refractivity contribution in [2.45, 2.75) is 38.8 Å². The molecule has 1 fully saturated rings. The third kappa shape index (κ3) is 2.77. The molecule has 6 nitrogen and oxygen atoms in total. The van der Waals surface area contributed by atoms with E-state index in [0.29, 0.717) is 5.52 Å². The number of nitrogens with zero attached hydrogens (tertiary/aromatic N) is 2. The monoisotopic (exact) mass is 359 g/mol. The second-order valence-corrected chi connectivity index (χ2v) is 8.67. The minimum Gasteiger partial charge on any atom is -0.310 e. The smallest absolute Gasteiger partial charge is 0.275 e. The average Bonchev–Trinajstić information content (AvgIpc) is 3.05. The zero-order chi connectivity index (χ0) is 17.6. The summed E-state index contributed by atoms with van der Waals surface area (Å²) in [4.78, 5) is 12.9. The van der Waals surface area contributed by atoms with Crippen molar-refractivity contribution >= 4 is 26.6 Å². The van der Waals surface area contributed by atoms with Gasteiger partial charge in [-0.2, -0.15) is 0 Å². The molecule has 0 unspecified atom stereocenters. The van der Waals surface area contributed by atoms with Gasteiger partial charge in [0.25, 0.3) is 5.56 Å². The largest absolute Gasteiger partial charge is 0.310 e. The summed E-state index contributed by atoms with van der Waals surface area (Å²) in [7, 11) is -3.24. The SMILES string of the molecule is CCS(=O)(=O)NCc1ccc2c(c1)n1cccc1c(=O)n2C1CCC1. The van der Waals surface area contributed by atoms with Gasteiger partial charge in [-0.15, -0.1) is 0 Å². The minimum absolute atomic E-state index is 0.0432. The van der Waals surface area contributed by atoms with E-state index in [2.05, 4.69) is 4.72 Å². The van der Waals surface area contributed by atoms with Crippen LogP contribution < -0.4 is 10.3 Å². The predicted octanol–water partition coefficient (Wildman–Crippen LogP) is 2.42. The summed E-state index contributed by atoms with van der Waals surface area (Å²) in [5.41, 5.74) is 3.41. The molecular formula is C18H21N3O3S. The summed E-state index contributed by atoms with van der Waals surface area (Å²) >= 11 is 0. The lowest BCUT2D eigenvalue weighted by atomic mass is 9.92. The molecule has 0 bridgehead atoms. The Labute approximate surface area is 146 Å². The third-order valence-electron chi connectivity index (χ3n) is 5.06. The fourth-order valence-corrected chi connectivity index (χ4v) is 3.97. The Balaban J connectivity index is 1.87. The van der Waals surface area contributed by atoms with Crippen LogP contribution in [0.4, 0.5) is 0 Å². The van der Waals surface area contributed by atoms with Crippen LogP contribution in [0.25, 0.3) is 16.6 Å². The lowest BCUT2D eigenvalue weighted by molar-refractivity contribution is 0.315. The molecule has 1 aliphatic rings. The van der Waals surface area contributed by atoms with Crippen LogP contribution in [-0.4, -0.2) is 23.1 Å². The number of nitrogens with one attached hydrogen (secondary N) is 1. The maximum absolute atomic E-state index is 12.9. The van der Waals surface area contributed by atoms with E-state index in [0.717, 1.165) is 35.9 Å². The van der Waals surface area contributed by atoms with E-state index in [4.69, 9.17) is 0 Å². The molecular weight excluding hydrogens is 338 g/mol. The Morgan fingerprint density at radius 2 is 1.96 bits per heavy atom. The highest BCUT2D eigenvalue weighted by Crippen LogP contribution is 2.33. The van der Waals surface area contributed by atoms with Crippen molar-refractivity contribution in [1.29, 1.82) is 0 Å². The Kier molecular flexibility index (Phi) is 3.92. The van der Waals surface area contributed by atoms with Crippen LogP contribution in [0, 0.1) is 0 Å². The highest BCUT2D eigenvalue weighted by atomic mass is 32.2. The fourth-order valence-electron chi connectivity index (χ4n) is 3.38. The zero-order valence-electron chi connectivity index (χ0n) is 14.1. The summed E-state index contributed by atoms with van der Waals surface area (Å²) in [6.07, 6.45) is 5.10. The summed E-state index contributed by atoms with van der Waals surface area (Å²) < 4.78 is 29.8. The van der Waals surface area contributed by atoms with Gasteiger partial charge >= 0.3 is 0 Å². The number of aromatic nitrogens is 2. The zero-order valence-corrected chi connectivity index (χ0v) is 14.9. The molecule has 0 amide bonds. The second kappa shape index (κ2) is 6.00. The van der Waals surface area contributed by atoms with E-state index in [1.54, 1.807) is 6.92 Å². The Morgan fingerprint density at radius 3 is 2.64 bits per heavy atom. The van der Waals surface area contributed by atoms with Gasteiger partial charge in [-0.25, -0.2) is 13.1 Å². The van der Waals surface area contributed by atoms with Crippen molar-refractivity contribution in [3.63, 3.8) is 0 Å². The first kappa shape index (κ1) is 16.4. The molecule has 0 aliphatic heterocycles. The standard InChI is InChI=1S/C18H21N3O3S/c1-2-25(23,24)19-12-13-8-9-15-17(11-13)20-10-4-7-16(20)18(22)21(15)14-5-3-6-14/h4,7-11,14,19H,2-3,5-6,12H2,1H3. The van der Waals surface area contributed by atoms with Crippen LogP contribution in [-0.2, 0) is 16.6 Å². The maximum Gasteiger partial charge on any atom is 0.275 e. The average molecular weight is 359 g/mol. The van der Waals surface area contributed by atoms with E-state index < -0.39 is 10.0 Å². The molecule has 2 heterocycles. The van der Waals surface area contributed by atoms with Crippen LogP contribution in [0.1, 0.15) is 37.8 Å². The first-order valence-corrected chi connectivity index (χ1v) is 10.3. The number of hydrogen-bond acceptors (Lipinski definition) is 3. The highest BCUT2D eigenvalue weighted by Gasteiger charge is 2.24. The molecule has 25 heavy (non-hydrogen) atoms. The van der Waals surface area contributed by atoms with Crippen molar-refractivity contribution in [2.75, 3.05) is 5.75 Å². The molecule has 1 saturated carbocycles. The molecule has 0 atom stereocenters. The normalized spacial score (nSPS) is 15.7. The molecule has 3 aromatic rings. The first-order valence-electron chi connectivity index (χ1n) is 8.62. The third-order valence-corrected chi connectivity index (χ3v) is 6.41. The first-order chi connectivity index (χ1) is 12.0. The number of fused-ring (bicyclic) bond motifs is 3. The quantitative estimate of drug-likeness (QED) is 0.760. The summed E-state index contributed by atoms with van der Waals surface area (Å²) in [5.74, 6) is 0.0592. The van der Waals surface area contributed by atoms with Crippen LogP contribution in [0.15, 0.2) is 41.3 Å². The van der Waals surface area contributed by atoms with E-state index in [1.165, 1.54) is 0 Å². The lowest BCUT2D eigenvalue weighted by Crippen LogP contribution is -2.30. The van der Waals surface area contributed by atoms with Crippen LogP contribution in [0.2, 0.25) is 0 Å². The maximum atomic E-state index is 12.9. The van der Waals surface area contributed by atoms with E-state index in [1.807, 2.05) is 45.5 Å². The molecule has 4 rings (SSSR count). The molecule has 1 aromatic carbocycles. The van der Waals surface area contributed by atoms with E-state index >= 15 is 0 Å². The molecule has 0 radical (unpaired) electrons. The van der Waals surface area contributed by atoms with Gasteiger partial charge in [0.05, 0.1) is 16.8 Å². The van der Waals surface area contributed by atoms with Crippen LogP contribution in [0.5, 0.6) is 0 Å². The lowest BCUT2D eigenvalue weighted by Gasteiger charge is -2.29. The van der Waals surface area contributed by atoms with Gasteiger partial charge in [0.2, 0.25) is 10.0 Å². The Morgan fingerprint density at radius 1 is 1.16 bits per heavy atom. The van der Waals surface area contributed by atoms with Gasteiger partial charge in [-0.3, -0.25) is 4.79 Å². The number of hydrogen-bond donors (Lipinski definition) is 1. The van der Waals surface area contributed by atoms with Crippen molar-refractivity contribution in [3.05, 3.63) is 52.4 Å². The van der Waals surface area contributed by atoms with Crippen molar-refractivity contribution in [2.24, 2.45) is 0 Å². The van der Waals surface area contributed by atoms with Gasteiger partial charge in [-0.05, 0) is 56.0 Å². The summed E-state index contributed by atoms with van der Waals surface area (Å²) in [6, 6.07) is 9.76. The molecule has 132 valence electrons. The molecule has 1 aliphatic carbocycles. The van der Waals surface area contributed by atoms with Crippen molar-refractivity contribution < 1.29 is 8.42 Å². The van der Waals surface area contributed by atoms with E-state index in [-0.39, 0.29) is 23.9 Å². The van der Waals surface area contributed by atoms with Crippen molar-refractivity contribution in [3.8, 4) is 0 Å². The van der Waals surface area contributed by atoms with Gasteiger partial charge in [0.15, 0.2) is 0 Å².